The third-order valence-electron chi connectivity index (χ3n) is 6.49. The molecule has 0 bridgehead atoms. The minimum atomic E-state index is 0.585. The Kier molecular flexibility index (Phi) is 5.56. The molecule has 20 heavy (non-hydrogen) atoms. The van der Waals surface area contributed by atoms with Gasteiger partial charge in [-0.1, -0.05) is 41.0 Å². The zero-order valence-electron chi connectivity index (χ0n) is 14.6. The molecule has 0 aromatic rings. The minimum absolute atomic E-state index is 0.585. The van der Waals surface area contributed by atoms with Crippen LogP contribution in [0.5, 0.6) is 0 Å². The maximum atomic E-state index is 2.85. The largest absolute Gasteiger partial charge is 0.300 e. The predicted octanol–water partition coefficient (Wildman–Crippen LogP) is 5.35. The van der Waals surface area contributed by atoms with E-state index >= 15 is 0 Å². The van der Waals surface area contributed by atoms with E-state index in [-0.39, 0.29) is 0 Å². The first-order valence-electron chi connectivity index (χ1n) is 9.20. The standard InChI is InChI=1S/C19H37N/c1-6-18(15(2)3)19(5)10-7-12-20(13-11-19)17-9-8-16(4)14-17/h15-18H,6-14H2,1-5H3. The highest BCUT2D eigenvalue weighted by Gasteiger charge is 2.38. The third kappa shape index (κ3) is 3.59. The van der Waals surface area contributed by atoms with Gasteiger partial charge in [-0.15, -0.1) is 0 Å². The van der Waals surface area contributed by atoms with Crippen molar-refractivity contribution in [3.05, 3.63) is 0 Å². The molecule has 2 rings (SSSR count). The van der Waals surface area contributed by atoms with Crippen LogP contribution < -0.4 is 0 Å². The molecular formula is C19H37N. The summed E-state index contributed by atoms with van der Waals surface area (Å²) >= 11 is 0. The van der Waals surface area contributed by atoms with Crippen LogP contribution in [0, 0.1) is 23.2 Å². The average molecular weight is 280 g/mol. The second kappa shape index (κ2) is 6.81. The Morgan fingerprint density at radius 3 is 2.45 bits per heavy atom. The van der Waals surface area contributed by atoms with Crippen LogP contribution in [0.3, 0.4) is 0 Å². The molecule has 0 radical (unpaired) electrons. The lowest BCUT2D eigenvalue weighted by Gasteiger charge is -2.39. The molecule has 0 aromatic heterocycles. The molecule has 118 valence electrons. The van der Waals surface area contributed by atoms with E-state index in [2.05, 4.69) is 39.5 Å². The summed E-state index contributed by atoms with van der Waals surface area (Å²) in [6.07, 6.45) is 10.0. The minimum Gasteiger partial charge on any atom is -0.300 e. The molecule has 0 amide bonds. The van der Waals surface area contributed by atoms with Gasteiger partial charge in [-0.3, -0.25) is 0 Å². The van der Waals surface area contributed by atoms with Gasteiger partial charge in [-0.25, -0.2) is 0 Å². The zero-order valence-corrected chi connectivity index (χ0v) is 14.6. The molecule has 1 heterocycles. The van der Waals surface area contributed by atoms with Crippen molar-refractivity contribution in [2.45, 2.75) is 85.6 Å². The second-order valence-corrected chi connectivity index (χ2v) is 8.37. The maximum absolute atomic E-state index is 2.85. The summed E-state index contributed by atoms with van der Waals surface area (Å²) in [5, 5.41) is 0. The number of likely N-dealkylation sites (tertiary alicyclic amines) is 1. The van der Waals surface area contributed by atoms with Crippen LogP contribution in [0.1, 0.15) is 79.6 Å². The van der Waals surface area contributed by atoms with Gasteiger partial charge in [-0.2, -0.15) is 0 Å². The van der Waals surface area contributed by atoms with Crippen molar-refractivity contribution in [1.29, 1.82) is 0 Å². The Morgan fingerprint density at radius 1 is 1.15 bits per heavy atom. The monoisotopic (exact) mass is 279 g/mol. The van der Waals surface area contributed by atoms with Crippen molar-refractivity contribution >= 4 is 0 Å². The summed E-state index contributed by atoms with van der Waals surface area (Å²) in [7, 11) is 0. The topological polar surface area (TPSA) is 3.24 Å². The summed E-state index contributed by atoms with van der Waals surface area (Å²) in [6, 6.07) is 0.909. The van der Waals surface area contributed by atoms with E-state index in [0.29, 0.717) is 5.41 Å². The Balaban J connectivity index is 1.97. The molecule has 1 saturated carbocycles. The van der Waals surface area contributed by atoms with Crippen LogP contribution in [0.4, 0.5) is 0 Å². The van der Waals surface area contributed by atoms with Gasteiger partial charge < -0.3 is 4.90 Å². The number of rotatable bonds is 4. The predicted molar refractivity (Wildman–Crippen MR) is 89.0 cm³/mol. The van der Waals surface area contributed by atoms with Crippen LogP contribution in [0.15, 0.2) is 0 Å². The van der Waals surface area contributed by atoms with Crippen molar-refractivity contribution in [3.63, 3.8) is 0 Å². The summed E-state index contributed by atoms with van der Waals surface area (Å²) in [5.41, 5.74) is 0.585. The van der Waals surface area contributed by atoms with Gasteiger partial charge in [0.15, 0.2) is 0 Å². The molecule has 0 N–H and O–H groups in total. The molecule has 2 fully saturated rings. The first-order valence-corrected chi connectivity index (χ1v) is 9.20. The summed E-state index contributed by atoms with van der Waals surface area (Å²) in [4.78, 5) is 2.85. The van der Waals surface area contributed by atoms with E-state index in [0.717, 1.165) is 23.8 Å². The third-order valence-corrected chi connectivity index (χ3v) is 6.49. The lowest BCUT2D eigenvalue weighted by atomic mass is 9.66. The van der Waals surface area contributed by atoms with Crippen LogP contribution in [-0.4, -0.2) is 24.0 Å². The van der Waals surface area contributed by atoms with Gasteiger partial charge in [-0.05, 0) is 74.8 Å². The highest BCUT2D eigenvalue weighted by molar-refractivity contribution is 4.90. The Bertz CT molecular complexity index is 298. The highest BCUT2D eigenvalue weighted by atomic mass is 15.2. The highest BCUT2D eigenvalue weighted by Crippen LogP contribution is 2.44. The number of nitrogens with zero attached hydrogens (tertiary/aromatic N) is 1. The molecule has 1 heteroatoms. The maximum Gasteiger partial charge on any atom is 0.00978 e. The molecule has 1 nitrogen and oxygen atoms in total. The van der Waals surface area contributed by atoms with Crippen LogP contribution in [-0.2, 0) is 0 Å². The van der Waals surface area contributed by atoms with Gasteiger partial charge in [0.25, 0.3) is 0 Å². The second-order valence-electron chi connectivity index (χ2n) is 8.37. The fourth-order valence-corrected chi connectivity index (χ4v) is 5.34. The molecule has 1 saturated heterocycles. The van der Waals surface area contributed by atoms with Crippen LogP contribution in [0.2, 0.25) is 0 Å². The van der Waals surface area contributed by atoms with Crippen LogP contribution >= 0.6 is 0 Å². The molecule has 1 aliphatic heterocycles. The van der Waals surface area contributed by atoms with Crippen molar-refractivity contribution < 1.29 is 0 Å². The van der Waals surface area contributed by atoms with E-state index < -0.39 is 0 Å². The Hall–Kier alpha value is -0.0400. The molecule has 2 aliphatic rings. The normalized spacial score (nSPS) is 38.1. The fourth-order valence-electron chi connectivity index (χ4n) is 5.34. The first-order chi connectivity index (χ1) is 9.46. The number of hydrogen-bond donors (Lipinski definition) is 0. The molecular weight excluding hydrogens is 242 g/mol. The molecule has 4 atom stereocenters. The summed E-state index contributed by atoms with van der Waals surface area (Å²) in [5.74, 6) is 2.71. The van der Waals surface area contributed by atoms with Crippen molar-refractivity contribution in [3.8, 4) is 0 Å². The lowest BCUT2D eigenvalue weighted by molar-refractivity contribution is 0.103. The van der Waals surface area contributed by atoms with Crippen LogP contribution in [0.25, 0.3) is 0 Å². The molecule has 1 aliphatic carbocycles. The molecule has 4 unspecified atom stereocenters. The molecule has 0 aromatic carbocycles. The van der Waals surface area contributed by atoms with Crippen molar-refractivity contribution in [2.24, 2.45) is 23.2 Å². The summed E-state index contributed by atoms with van der Waals surface area (Å²) in [6.45, 7) is 15.0. The van der Waals surface area contributed by atoms with Gasteiger partial charge in [0, 0.05) is 6.04 Å². The Morgan fingerprint density at radius 2 is 1.90 bits per heavy atom. The Labute approximate surface area is 127 Å². The zero-order chi connectivity index (χ0) is 14.8. The van der Waals surface area contributed by atoms with E-state index in [9.17, 15) is 0 Å². The van der Waals surface area contributed by atoms with E-state index in [1.165, 1.54) is 58.0 Å². The van der Waals surface area contributed by atoms with Gasteiger partial charge in [0.2, 0.25) is 0 Å². The fraction of sp³-hybridized carbons (Fsp3) is 1.00. The SMILES string of the molecule is CCC(C(C)C)C1(C)CCCN(C2CCC(C)C2)CC1. The van der Waals surface area contributed by atoms with E-state index in [4.69, 9.17) is 0 Å². The van der Waals surface area contributed by atoms with E-state index in [1.807, 2.05) is 0 Å². The average Bonchev–Trinajstić information content (AvgIpc) is 2.70. The number of hydrogen-bond acceptors (Lipinski definition) is 1. The smallest absolute Gasteiger partial charge is 0.00978 e. The van der Waals surface area contributed by atoms with Gasteiger partial charge in [0.05, 0.1) is 0 Å². The van der Waals surface area contributed by atoms with Gasteiger partial charge in [0.1, 0.15) is 0 Å². The lowest BCUT2D eigenvalue weighted by Crippen LogP contribution is -2.36. The van der Waals surface area contributed by atoms with E-state index in [1.54, 1.807) is 0 Å². The summed E-state index contributed by atoms with van der Waals surface area (Å²) < 4.78 is 0. The van der Waals surface area contributed by atoms with Gasteiger partial charge >= 0.3 is 0 Å². The first kappa shape index (κ1) is 16.3. The quantitative estimate of drug-likeness (QED) is 0.670. The molecule has 0 spiro atoms. The van der Waals surface area contributed by atoms with Crippen molar-refractivity contribution in [2.75, 3.05) is 13.1 Å². The van der Waals surface area contributed by atoms with Crippen molar-refractivity contribution in [1.82, 2.24) is 4.90 Å².